The van der Waals surface area contributed by atoms with Crippen molar-refractivity contribution in [2.45, 2.75) is 46.1 Å². The molecule has 1 aliphatic heterocycles. The van der Waals surface area contributed by atoms with Gasteiger partial charge in [-0.1, -0.05) is 32.0 Å². The van der Waals surface area contributed by atoms with E-state index in [1.807, 2.05) is 12.3 Å². The number of aromatic nitrogens is 1. The minimum absolute atomic E-state index is 0.0153. The Balaban J connectivity index is 1.72. The first-order valence-corrected chi connectivity index (χ1v) is 9.12. The summed E-state index contributed by atoms with van der Waals surface area (Å²) >= 11 is 0. The summed E-state index contributed by atoms with van der Waals surface area (Å²) in [6.45, 7) is 6.71. The lowest BCUT2D eigenvalue weighted by Gasteiger charge is -2.16. The maximum Gasteiger partial charge on any atom is 0.223 e. The summed E-state index contributed by atoms with van der Waals surface area (Å²) < 4.78 is 6.19. The van der Waals surface area contributed by atoms with Crippen molar-refractivity contribution in [1.29, 1.82) is 0 Å². The van der Waals surface area contributed by atoms with Crippen molar-refractivity contribution < 1.29 is 9.53 Å². The Hall–Kier alpha value is -2.36. The molecule has 132 valence electrons. The number of pyridine rings is 1. The highest BCUT2D eigenvalue weighted by Gasteiger charge is 2.27. The number of para-hydroxylation sites is 1. The van der Waals surface area contributed by atoms with Crippen molar-refractivity contribution in [2.24, 2.45) is 5.92 Å². The molecule has 2 aromatic rings. The zero-order chi connectivity index (χ0) is 17.8. The van der Waals surface area contributed by atoms with E-state index in [1.54, 1.807) is 0 Å². The normalized spacial score (nSPS) is 15.8. The number of amides is 1. The number of aryl methyl sites for hydroxylation is 1. The number of nitrogens with one attached hydrogen (secondary N) is 1. The number of benzene rings is 1. The maximum atomic E-state index is 12.2. The van der Waals surface area contributed by atoms with E-state index in [-0.39, 0.29) is 17.9 Å². The Morgan fingerprint density at radius 2 is 2.08 bits per heavy atom. The Kier molecular flexibility index (Phi) is 5.37. The molecular formula is C21H26N2O2. The first kappa shape index (κ1) is 17.5. The molecule has 1 amide bonds. The van der Waals surface area contributed by atoms with E-state index in [0.717, 1.165) is 41.8 Å². The van der Waals surface area contributed by atoms with E-state index in [1.165, 1.54) is 5.56 Å². The quantitative estimate of drug-likeness (QED) is 0.869. The summed E-state index contributed by atoms with van der Waals surface area (Å²) in [5, 5.41) is 3.05. The molecule has 1 atom stereocenters. The SMILES string of the molecule is CCC(CC)C(=O)NC[C@@H]1Cc2cccc(-c3ncccc3C)c2O1. The smallest absolute Gasteiger partial charge is 0.223 e. The van der Waals surface area contributed by atoms with Crippen LogP contribution in [0.15, 0.2) is 36.5 Å². The van der Waals surface area contributed by atoms with Gasteiger partial charge in [0, 0.05) is 24.1 Å². The second kappa shape index (κ2) is 7.68. The molecule has 25 heavy (non-hydrogen) atoms. The lowest BCUT2D eigenvalue weighted by molar-refractivity contribution is -0.125. The number of carbonyl (C=O) groups excluding carboxylic acids is 1. The molecule has 3 rings (SSSR count). The summed E-state index contributed by atoms with van der Waals surface area (Å²) in [5.74, 6) is 1.13. The molecule has 0 aliphatic carbocycles. The lowest BCUT2D eigenvalue weighted by Crippen LogP contribution is -2.37. The molecule has 2 heterocycles. The van der Waals surface area contributed by atoms with E-state index in [0.29, 0.717) is 6.54 Å². The van der Waals surface area contributed by atoms with E-state index in [4.69, 9.17) is 4.74 Å². The van der Waals surface area contributed by atoms with Crippen molar-refractivity contribution in [2.75, 3.05) is 6.54 Å². The molecule has 4 heteroatoms. The highest BCUT2D eigenvalue weighted by Crippen LogP contribution is 2.38. The van der Waals surface area contributed by atoms with Crippen molar-refractivity contribution in [1.82, 2.24) is 10.3 Å². The van der Waals surface area contributed by atoms with Crippen LogP contribution in [0.1, 0.15) is 37.8 Å². The van der Waals surface area contributed by atoms with Gasteiger partial charge in [-0.05, 0) is 43.0 Å². The number of hydrogen-bond acceptors (Lipinski definition) is 3. The lowest BCUT2D eigenvalue weighted by atomic mass is 10.0. The van der Waals surface area contributed by atoms with Crippen LogP contribution in [0.5, 0.6) is 5.75 Å². The van der Waals surface area contributed by atoms with Gasteiger partial charge in [-0.15, -0.1) is 0 Å². The van der Waals surface area contributed by atoms with Crippen molar-refractivity contribution in [3.8, 4) is 17.0 Å². The van der Waals surface area contributed by atoms with Crippen molar-refractivity contribution in [3.63, 3.8) is 0 Å². The fourth-order valence-corrected chi connectivity index (χ4v) is 3.42. The Labute approximate surface area is 149 Å². The number of fused-ring (bicyclic) bond motifs is 1. The third-order valence-corrected chi connectivity index (χ3v) is 4.95. The van der Waals surface area contributed by atoms with Gasteiger partial charge in [-0.2, -0.15) is 0 Å². The van der Waals surface area contributed by atoms with E-state index in [9.17, 15) is 4.79 Å². The fraction of sp³-hybridized carbons (Fsp3) is 0.429. The minimum Gasteiger partial charge on any atom is -0.487 e. The first-order chi connectivity index (χ1) is 12.1. The third-order valence-electron chi connectivity index (χ3n) is 4.95. The average Bonchev–Trinajstić information content (AvgIpc) is 3.04. The second-order valence-corrected chi connectivity index (χ2v) is 6.67. The predicted octanol–water partition coefficient (Wildman–Crippen LogP) is 3.91. The van der Waals surface area contributed by atoms with Crippen LogP contribution in [0.3, 0.4) is 0 Å². The third kappa shape index (κ3) is 3.68. The van der Waals surface area contributed by atoms with Crippen molar-refractivity contribution >= 4 is 5.91 Å². The minimum atomic E-state index is -0.0153. The number of nitrogens with zero attached hydrogens (tertiary/aromatic N) is 1. The van der Waals surface area contributed by atoms with Crippen molar-refractivity contribution in [3.05, 3.63) is 47.7 Å². The number of hydrogen-bond donors (Lipinski definition) is 1. The Morgan fingerprint density at radius 3 is 2.80 bits per heavy atom. The van der Waals surface area contributed by atoms with Gasteiger partial charge in [-0.25, -0.2) is 0 Å². The molecule has 0 bridgehead atoms. The monoisotopic (exact) mass is 338 g/mol. The predicted molar refractivity (Wildman–Crippen MR) is 99.6 cm³/mol. The van der Waals surface area contributed by atoms with Crippen LogP contribution in [-0.4, -0.2) is 23.5 Å². The van der Waals surface area contributed by atoms with E-state index >= 15 is 0 Å². The molecule has 1 aromatic carbocycles. The van der Waals surface area contributed by atoms with Gasteiger partial charge in [-0.3, -0.25) is 9.78 Å². The Morgan fingerprint density at radius 1 is 1.28 bits per heavy atom. The zero-order valence-electron chi connectivity index (χ0n) is 15.2. The molecule has 0 fully saturated rings. The second-order valence-electron chi connectivity index (χ2n) is 6.67. The topological polar surface area (TPSA) is 51.2 Å². The standard InChI is InChI=1S/C21H26N2O2/c1-4-15(5-2)21(24)23-13-17-12-16-9-6-10-18(20(16)25-17)19-14(3)8-7-11-22-19/h6-11,15,17H,4-5,12-13H2,1-3H3,(H,23,24)/t17-/m0/s1. The van der Waals surface area contributed by atoms with Crippen LogP contribution < -0.4 is 10.1 Å². The van der Waals surface area contributed by atoms with Gasteiger partial charge >= 0.3 is 0 Å². The highest BCUT2D eigenvalue weighted by molar-refractivity contribution is 5.78. The Bertz CT molecular complexity index is 753. The largest absolute Gasteiger partial charge is 0.487 e. The fourth-order valence-electron chi connectivity index (χ4n) is 3.42. The molecule has 0 saturated carbocycles. The molecular weight excluding hydrogens is 312 g/mol. The van der Waals surface area contributed by atoms with Gasteiger partial charge in [0.2, 0.25) is 5.91 Å². The van der Waals surface area contributed by atoms with Crippen LogP contribution in [0.4, 0.5) is 0 Å². The highest BCUT2D eigenvalue weighted by atomic mass is 16.5. The van der Waals surface area contributed by atoms with Crippen LogP contribution in [-0.2, 0) is 11.2 Å². The summed E-state index contributed by atoms with van der Waals surface area (Å²) in [6.07, 6.45) is 4.36. The molecule has 1 N–H and O–H groups in total. The molecule has 0 radical (unpaired) electrons. The van der Waals surface area contributed by atoms with Crippen LogP contribution >= 0.6 is 0 Å². The van der Waals surface area contributed by atoms with Gasteiger partial charge in [0.25, 0.3) is 0 Å². The van der Waals surface area contributed by atoms with E-state index in [2.05, 4.69) is 55.3 Å². The first-order valence-electron chi connectivity index (χ1n) is 9.12. The summed E-state index contributed by atoms with van der Waals surface area (Å²) in [5.41, 5.74) is 4.31. The summed E-state index contributed by atoms with van der Waals surface area (Å²) in [7, 11) is 0. The summed E-state index contributed by atoms with van der Waals surface area (Å²) in [4.78, 5) is 16.7. The average molecular weight is 338 g/mol. The number of ether oxygens (including phenoxy) is 1. The van der Waals surface area contributed by atoms with Gasteiger partial charge in [0.1, 0.15) is 11.9 Å². The zero-order valence-corrected chi connectivity index (χ0v) is 15.2. The molecule has 1 aliphatic rings. The maximum absolute atomic E-state index is 12.2. The van der Waals surface area contributed by atoms with E-state index < -0.39 is 0 Å². The van der Waals surface area contributed by atoms with Crippen LogP contribution in [0, 0.1) is 12.8 Å². The molecule has 0 saturated heterocycles. The molecule has 1 aromatic heterocycles. The van der Waals surface area contributed by atoms with Crippen LogP contribution in [0.25, 0.3) is 11.3 Å². The van der Waals surface area contributed by atoms with Gasteiger partial charge < -0.3 is 10.1 Å². The summed E-state index contributed by atoms with van der Waals surface area (Å²) in [6, 6.07) is 10.2. The van der Waals surface area contributed by atoms with Gasteiger partial charge in [0.05, 0.1) is 12.2 Å². The number of rotatable bonds is 6. The number of carbonyl (C=O) groups is 1. The molecule has 4 nitrogen and oxygen atoms in total. The molecule has 0 spiro atoms. The van der Waals surface area contributed by atoms with Crippen LogP contribution in [0.2, 0.25) is 0 Å². The molecule has 0 unspecified atom stereocenters. The van der Waals surface area contributed by atoms with Gasteiger partial charge in [0.15, 0.2) is 0 Å².